The maximum Gasteiger partial charge on any atom is 0.268 e. The second-order valence-corrected chi connectivity index (χ2v) is 7.29. The van der Waals surface area contributed by atoms with Crippen LogP contribution in [0.1, 0.15) is 34.0 Å². The van der Waals surface area contributed by atoms with Gasteiger partial charge in [-0.2, -0.15) is 0 Å². The first-order valence-electron chi connectivity index (χ1n) is 8.58. The number of rotatable bonds is 4. The SMILES string of the molecule is CCc1ccc(/C=c2\s/c(=C\C(=O)c3ccccc3C)n(C)c2=O)cc1. The molecule has 0 bridgehead atoms. The van der Waals surface area contributed by atoms with Crippen LogP contribution in [0.2, 0.25) is 0 Å². The van der Waals surface area contributed by atoms with Crippen molar-refractivity contribution in [3.63, 3.8) is 0 Å². The number of nitrogens with zero attached hydrogens (tertiary/aromatic N) is 1. The van der Waals surface area contributed by atoms with Crippen LogP contribution >= 0.6 is 11.3 Å². The minimum Gasteiger partial charge on any atom is -0.302 e. The van der Waals surface area contributed by atoms with E-state index in [0.717, 1.165) is 17.5 Å². The van der Waals surface area contributed by atoms with E-state index in [1.165, 1.54) is 21.5 Å². The summed E-state index contributed by atoms with van der Waals surface area (Å²) in [6, 6.07) is 15.6. The molecule has 0 atom stereocenters. The van der Waals surface area contributed by atoms with Crippen molar-refractivity contribution in [1.29, 1.82) is 0 Å². The van der Waals surface area contributed by atoms with Gasteiger partial charge in [0.2, 0.25) is 0 Å². The zero-order valence-electron chi connectivity index (χ0n) is 15.2. The molecule has 3 aromatic rings. The van der Waals surface area contributed by atoms with Gasteiger partial charge in [-0.25, -0.2) is 0 Å². The Bertz CT molecular complexity index is 1120. The van der Waals surface area contributed by atoms with Crippen LogP contribution in [0.3, 0.4) is 0 Å². The van der Waals surface area contributed by atoms with Crippen molar-refractivity contribution in [1.82, 2.24) is 4.57 Å². The predicted octanol–water partition coefficient (Wildman–Crippen LogP) is 2.81. The van der Waals surface area contributed by atoms with Crippen LogP contribution in [0.4, 0.5) is 0 Å². The summed E-state index contributed by atoms with van der Waals surface area (Å²) in [5.41, 5.74) is 3.75. The Balaban J connectivity index is 2.04. The summed E-state index contributed by atoms with van der Waals surface area (Å²) in [6.45, 7) is 4.02. The Kier molecular flexibility index (Phi) is 5.33. The standard InChI is InChI=1S/C22H21NO2S/c1-4-16-9-11-17(12-10-16)13-20-22(25)23(3)21(26-20)14-19(24)18-8-6-5-7-15(18)2/h5-14H,4H2,1-3H3/b20-13-,21-14-. The van der Waals surface area contributed by atoms with Crippen molar-refractivity contribution in [2.45, 2.75) is 20.3 Å². The summed E-state index contributed by atoms with van der Waals surface area (Å²) in [7, 11) is 1.70. The van der Waals surface area contributed by atoms with E-state index in [2.05, 4.69) is 19.1 Å². The highest BCUT2D eigenvalue weighted by atomic mass is 32.1. The first-order valence-corrected chi connectivity index (χ1v) is 9.39. The maximum atomic E-state index is 12.6. The number of ketones is 1. The van der Waals surface area contributed by atoms with Crippen LogP contribution in [0, 0.1) is 6.92 Å². The Hall–Kier alpha value is -2.72. The quantitative estimate of drug-likeness (QED) is 0.669. The molecule has 0 amide bonds. The van der Waals surface area contributed by atoms with Crippen LogP contribution in [0.5, 0.6) is 0 Å². The molecule has 0 fully saturated rings. The minimum atomic E-state index is -0.0848. The van der Waals surface area contributed by atoms with E-state index in [-0.39, 0.29) is 11.3 Å². The molecule has 3 rings (SSSR count). The maximum absolute atomic E-state index is 12.6. The summed E-state index contributed by atoms with van der Waals surface area (Å²) in [6.07, 6.45) is 4.41. The van der Waals surface area contributed by atoms with Gasteiger partial charge in [-0.05, 0) is 36.1 Å². The lowest BCUT2D eigenvalue weighted by atomic mass is 10.1. The number of carbonyl (C=O) groups is 1. The van der Waals surface area contributed by atoms with Gasteiger partial charge in [0.25, 0.3) is 5.56 Å². The Morgan fingerprint density at radius 2 is 1.81 bits per heavy atom. The Labute approximate surface area is 156 Å². The zero-order valence-corrected chi connectivity index (χ0v) is 16.0. The minimum absolute atomic E-state index is 0.0844. The van der Waals surface area contributed by atoms with Gasteiger partial charge < -0.3 is 4.57 Å². The highest BCUT2D eigenvalue weighted by Crippen LogP contribution is 2.08. The number of carbonyl (C=O) groups excluding carboxylic acids is 1. The molecule has 0 unspecified atom stereocenters. The number of aryl methyl sites for hydroxylation is 2. The van der Waals surface area contributed by atoms with Gasteiger partial charge >= 0.3 is 0 Å². The third kappa shape index (κ3) is 3.75. The number of Topliss-reactive ketones (excluding diaryl/α,β-unsaturated/α-hetero) is 1. The molecule has 4 heteroatoms. The molecule has 2 aromatic carbocycles. The molecule has 1 heterocycles. The molecule has 0 saturated heterocycles. The highest BCUT2D eigenvalue weighted by Gasteiger charge is 2.07. The number of benzene rings is 2. The summed E-state index contributed by atoms with van der Waals surface area (Å²) in [4.78, 5) is 25.1. The lowest BCUT2D eigenvalue weighted by Crippen LogP contribution is -2.29. The van der Waals surface area contributed by atoms with E-state index < -0.39 is 0 Å². The van der Waals surface area contributed by atoms with Gasteiger partial charge in [0.1, 0.15) is 4.66 Å². The fraction of sp³-hybridized carbons (Fsp3) is 0.182. The molecule has 3 nitrogen and oxygen atoms in total. The van der Waals surface area contributed by atoms with Crippen LogP contribution in [0.25, 0.3) is 12.2 Å². The third-order valence-corrected chi connectivity index (χ3v) is 5.52. The van der Waals surface area contributed by atoms with Crippen molar-refractivity contribution >= 4 is 29.3 Å². The van der Waals surface area contributed by atoms with Crippen LogP contribution in [-0.4, -0.2) is 10.4 Å². The predicted molar refractivity (Wildman–Crippen MR) is 108 cm³/mol. The second-order valence-electron chi connectivity index (χ2n) is 6.23. The molecule has 0 aliphatic carbocycles. The number of hydrogen-bond acceptors (Lipinski definition) is 3. The van der Waals surface area contributed by atoms with Gasteiger partial charge in [-0.15, -0.1) is 11.3 Å². The molecule has 0 N–H and O–H groups in total. The average Bonchev–Trinajstić information content (AvgIpc) is 2.90. The topological polar surface area (TPSA) is 39.1 Å². The first-order chi connectivity index (χ1) is 12.5. The second kappa shape index (κ2) is 7.67. The van der Waals surface area contributed by atoms with E-state index in [1.807, 2.05) is 49.4 Å². The fourth-order valence-electron chi connectivity index (χ4n) is 2.75. The molecular formula is C22H21NO2S. The van der Waals surface area contributed by atoms with Crippen LogP contribution in [-0.2, 0) is 13.5 Å². The third-order valence-electron chi connectivity index (χ3n) is 4.41. The van der Waals surface area contributed by atoms with Crippen molar-refractivity contribution in [3.05, 3.63) is 90.3 Å². The van der Waals surface area contributed by atoms with E-state index in [4.69, 9.17) is 0 Å². The monoisotopic (exact) mass is 363 g/mol. The van der Waals surface area contributed by atoms with E-state index in [1.54, 1.807) is 13.1 Å². The largest absolute Gasteiger partial charge is 0.302 e. The van der Waals surface area contributed by atoms with Crippen molar-refractivity contribution in [2.24, 2.45) is 7.05 Å². The van der Waals surface area contributed by atoms with Gasteiger partial charge in [-0.1, -0.05) is 55.5 Å². The molecule has 1 aromatic heterocycles. The molecule has 0 aliphatic rings. The van der Waals surface area contributed by atoms with E-state index >= 15 is 0 Å². The van der Waals surface area contributed by atoms with Gasteiger partial charge in [-0.3, -0.25) is 9.59 Å². The summed E-state index contributed by atoms with van der Waals surface area (Å²) in [5, 5.41) is 0. The fourth-order valence-corrected chi connectivity index (χ4v) is 3.78. The Morgan fingerprint density at radius 3 is 2.46 bits per heavy atom. The number of aromatic nitrogens is 1. The zero-order chi connectivity index (χ0) is 18.7. The molecule has 26 heavy (non-hydrogen) atoms. The highest BCUT2D eigenvalue weighted by molar-refractivity contribution is 7.07. The molecule has 0 aliphatic heterocycles. The molecule has 0 radical (unpaired) electrons. The van der Waals surface area contributed by atoms with Crippen molar-refractivity contribution in [2.75, 3.05) is 0 Å². The Morgan fingerprint density at radius 1 is 1.12 bits per heavy atom. The summed E-state index contributed by atoms with van der Waals surface area (Å²) >= 11 is 1.34. The van der Waals surface area contributed by atoms with Crippen molar-refractivity contribution in [3.8, 4) is 0 Å². The molecule has 132 valence electrons. The number of thiazole rings is 1. The van der Waals surface area contributed by atoms with Crippen LogP contribution in [0.15, 0.2) is 53.3 Å². The normalized spacial score (nSPS) is 12.6. The summed E-state index contributed by atoms with van der Waals surface area (Å²) in [5.74, 6) is -0.0844. The van der Waals surface area contributed by atoms with Gasteiger partial charge in [0.15, 0.2) is 5.78 Å². The summed E-state index contributed by atoms with van der Waals surface area (Å²) < 4.78 is 2.81. The lowest BCUT2D eigenvalue weighted by molar-refractivity contribution is 0.106. The van der Waals surface area contributed by atoms with Gasteiger partial charge in [0, 0.05) is 18.7 Å². The molecular weight excluding hydrogens is 342 g/mol. The lowest BCUT2D eigenvalue weighted by Gasteiger charge is -1.99. The molecule has 0 spiro atoms. The first kappa shape index (κ1) is 18.1. The van der Waals surface area contributed by atoms with E-state index in [9.17, 15) is 9.59 Å². The number of hydrogen-bond donors (Lipinski definition) is 0. The van der Waals surface area contributed by atoms with Crippen LogP contribution < -0.4 is 14.8 Å². The molecule has 0 saturated carbocycles. The van der Waals surface area contributed by atoms with E-state index in [0.29, 0.717) is 14.8 Å². The smallest absolute Gasteiger partial charge is 0.268 e. The van der Waals surface area contributed by atoms with Crippen molar-refractivity contribution < 1.29 is 4.79 Å². The average molecular weight is 363 g/mol. The van der Waals surface area contributed by atoms with Gasteiger partial charge in [0.05, 0.1) is 4.53 Å².